The quantitative estimate of drug-likeness (QED) is 0.915. The fourth-order valence-corrected chi connectivity index (χ4v) is 4.76. The average Bonchev–Trinajstić information content (AvgIpc) is 2.47. The van der Waals surface area contributed by atoms with Gasteiger partial charge >= 0.3 is 5.97 Å². The average molecular weight is 315 g/mol. The number of carboxylic acid groups (broad SMARTS) is 1. The van der Waals surface area contributed by atoms with Gasteiger partial charge in [-0.25, -0.2) is 13.2 Å². The Morgan fingerprint density at radius 1 is 1.35 bits per heavy atom. The third-order valence-electron chi connectivity index (χ3n) is 3.30. The van der Waals surface area contributed by atoms with E-state index in [1.807, 2.05) is 6.92 Å². The van der Waals surface area contributed by atoms with Crippen molar-refractivity contribution in [1.29, 1.82) is 0 Å². The van der Waals surface area contributed by atoms with Crippen LogP contribution >= 0.6 is 11.8 Å². The number of aryl methyl sites for hydroxylation is 1. The third-order valence-corrected chi connectivity index (χ3v) is 6.14. The van der Waals surface area contributed by atoms with Crippen LogP contribution in [0, 0.1) is 0 Å². The molecule has 0 aliphatic carbocycles. The molecule has 1 aliphatic rings. The van der Waals surface area contributed by atoms with Crippen LogP contribution < -0.4 is 0 Å². The molecule has 0 amide bonds. The lowest BCUT2D eigenvalue weighted by atomic mass is 10.1. The Bertz CT molecular complexity index is 607. The van der Waals surface area contributed by atoms with Crippen molar-refractivity contribution in [2.75, 3.05) is 24.6 Å². The van der Waals surface area contributed by atoms with Crippen molar-refractivity contribution >= 4 is 27.8 Å². The molecule has 0 bridgehead atoms. The predicted molar refractivity (Wildman–Crippen MR) is 78.9 cm³/mol. The molecule has 20 heavy (non-hydrogen) atoms. The Hall–Kier alpha value is -1.05. The molecular weight excluding hydrogens is 298 g/mol. The van der Waals surface area contributed by atoms with E-state index in [-0.39, 0.29) is 10.5 Å². The van der Waals surface area contributed by atoms with Gasteiger partial charge in [0.1, 0.15) is 0 Å². The Labute approximate surface area is 123 Å². The van der Waals surface area contributed by atoms with Gasteiger partial charge in [-0.2, -0.15) is 16.1 Å². The van der Waals surface area contributed by atoms with E-state index < -0.39 is 16.0 Å². The zero-order chi connectivity index (χ0) is 14.8. The van der Waals surface area contributed by atoms with Crippen LogP contribution in [0.3, 0.4) is 0 Å². The first kappa shape index (κ1) is 15.3. The summed E-state index contributed by atoms with van der Waals surface area (Å²) in [6.07, 6.45) is 0.558. The highest BCUT2D eigenvalue weighted by molar-refractivity contribution is 7.99. The van der Waals surface area contributed by atoms with Gasteiger partial charge in [0.2, 0.25) is 10.0 Å². The lowest BCUT2D eigenvalue weighted by Gasteiger charge is -2.25. The Morgan fingerprint density at radius 2 is 2.00 bits per heavy atom. The van der Waals surface area contributed by atoms with Crippen LogP contribution in [0.5, 0.6) is 0 Å². The van der Waals surface area contributed by atoms with Crippen molar-refractivity contribution in [1.82, 2.24) is 4.31 Å². The number of thioether (sulfide) groups is 1. The summed E-state index contributed by atoms with van der Waals surface area (Å²) in [5.41, 5.74) is 0.714. The third kappa shape index (κ3) is 2.99. The summed E-state index contributed by atoms with van der Waals surface area (Å²) in [4.78, 5) is 11.3. The summed E-state index contributed by atoms with van der Waals surface area (Å²) in [6.45, 7) is 2.80. The molecule has 110 valence electrons. The van der Waals surface area contributed by atoms with Gasteiger partial charge in [0.15, 0.2) is 0 Å². The summed E-state index contributed by atoms with van der Waals surface area (Å²) in [6, 6.07) is 4.37. The molecule has 1 aliphatic heterocycles. The van der Waals surface area contributed by atoms with Crippen LogP contribution in [0.4, 0.5) is 0 Å². The van der Waals surface area contributed by atoms with Gasteiger partial charge in [-0.15, -0.1) is 0 Å². The van der Waals surface area contributed by atoms with Crippen LogP contribution in [-0.2, 0) is 16.4 Å². The zero-order valence-electron chi connectivity index (χ0n) is 11.2. The van der Waals surface area contributed by atoms with E-state index in [2.05, 4.69) is 0 Å². The van der Waals surface area contributed by atoms with Gasteiger partial charge < -0.3 is 5.11 Å². The molecule has 0 spiro atoms. The summed E-state index contributed by atoms with van der Waals surface area (Å²) in [5, 5.41) is 9.19. The van der Waals surface area contributed by atoms with Crippen molar-refractivity contribution in [3.05, 3.63) is 29.3 Å². The maximum Gasteiger partial charge on any atom is 0.336 e. The highest BCUT2D eigenvalue weighted by Crippen LogP contribution is 2.23. The number of sulfonamides is 1. The van der Waals surface area contributed by atoms with Gasteiger partial charge in [-0.05, 0) is 24.1 Å². The summed E-state index contributed by atoms with van der Waals surface area (Å²) in [5.74, 6) is 0.462. The molecule has 0 radical (unpaired) electrons. The molecule has 1 heterocycles. The summed E-state index contributed by atoms with van der Waals surface area (Å²) >= 11 is 1.72. The molecule has 1 saturated heterocycles. The maximum absolute atomic E-state index is 12.5. The van der Waals surface area contributed by atoms with Crippen molar-refractivity contribution in [3.8, 4) is 0 Å². The second kappa shape index (κ2) is 6.15. The van der Waals surface area contributed by atoms with Crippen molar-refractivity contribution in [3.63, 3.8) is 0 Å². The lowest BCUT2D eigenvalue weighted by Crippen LogP contribution is -2.37. The van der Waals surface area contributed by atoms with Crippen molar-refractivity contribution in [2.24, 2.45) is 0 Å². The first-order chi connectivity index (χ1) is 9.46. The van der Waals surface area contributed by atoms with Crippen LogP contribution in [0.25, 0.3) is 0 Å². The van der Waals surface area contributed by atoms with Crippen LogP contribution in [0.1, 0.15) is 22.8 Å². The largest absolute Gasteiger partial charge is 0.478 e. The van der Waals surface area contributed by atoms with Crippen molar-refractivity contribution < 1.29 is 18.3 Å². The molecule has 1 fully saturated rings. The maximum atomic E-state index is 12.5. The summed E-state index contributed by atoms with van der Waals surface area (Å²) in [7, 11) is -3.59. The summed E-state index contributed by atoms with van der Waals surface area (Å²) < 4.78 is 26.4. The molecule has 0 saturated carbocycles. The molecule has 5 nitrogen and oxygen atoms in total. The minimum atomic E-state index is -3.59. The Balaban J connectivity index is 2.41. The van der Waals surface area contributed by atoms with E-state index in [9.17, 15) is 18.3 Å². The zero-order valence-corrected chi connectivity index (χ0v) is 12.8. The molecule has 0 atom stereocenters. The molecular formula is C13H17NO4S2. The predicted octanol–water partition coefficient (Wildman–Crippen LogP) is 1.68. The molecule has 1 aromatic rings. The number of hydrogen-bond donors (Lipinski definition) is 1. The monoisotopic (exact) mass is 315 g/mol. The topological polar surface area (TPSA) is 74.7 Å². The highest BCUT2D eigenvalue weighted by atomic mass is 32.2. The first-order valence-corrected chi connectivity index (χ1v) is 9.00. The van der Waals surface area contributed by atoms with Crippen LogP contribution in [0.15, 0.2) is 23.1 Å². The minimum absolute atomic E-state index is 0.0685. The van der Waals surface area contributed by atoms with Gasteiger partial charge in [0.05, 0.1) is 10.5 Å². The van der Waals surface area contributed by atoms with E-state index in [0.29, 0.717) is 25.1 Å². The highest BCUT2D eigenvalue weighted by Gasteiger charge is 2.27. The number of hydrogen-bond acceptors (Lipinski definition) is 4. The smallest absolute Gasteiger partial charge is 0.336 e. The van der Waals surface area contributed by atoms with E-state index in [1.54, 1.807) is 17.8 Å². The van der Waals surface area contributed by atoms with Gasteiger partial charge in [-0.1, -0.05) is 13.0 Å². The molecule has 1 aromatic carbocycles. The van der Waals surface area contributed by atoms with Crippen LogP contribution in [-0.4, -0.2) is 48.4 Å². The molecule has 2 rings (SSSR count). The molecule has 0 unspecified atom stereocenters. The molecule has 1 N–H and O–H groups in total. The normalized spacial score (nSPS) is 17.1. The van der Waals surface area contributed by atoms with Gasteiger partial charge in [0, 0.05) is 24.6 Å². The number of aromatic carboxylic acids is 1. The number of nitrogens with zero attached hydrogens (tertiary/aromatic N) is 1. The van der Waals surface area contributed by atoms with E-state index in [1.165, 1.54) is 16.4 Å². The standard InChI is InChI=1S/C13H17NO4S2/c1-2-10-3-4-11(9-12(10)13(15)16)20(17,18)14-5-7-19-8-6-14/h3-4,9H,2,5-8H2,1H3,(H,15,16). The number of benzene rings is 1. The second-order valence-corrected chi connectivity index (χ2v) is 7.66. The number of carboxylic acids is 1. The van der Waals surface area contributed by atoms with Crippen LogP contribution in [0.2, 0.25) is 0 Å². The Morgan fingerprint density at radius 3 is 2.55 bits per heavy atom. The van der Waals surface area contributed by atoms with Gasteiger partial charge in [-0.3, -0.25) is 0 Å². The van der Waals surface area contributed by atoms with E-state index in [4.69, 9.17) is 0 Å². The number of carbonyl (C=O) groups is 1. The first-order valence-electron chi connectivity index (χ1n) is 6.41. The Kier molecular flexibility index (Phi) is 4.72. The fraction of sp³-hybridized carbons (Fsp3) is 0.462. The van der Waals surface area contributed by atoms with E-state index in [0.717, 1.165) is 11.5 Å². The van der Waals surface area contributed by atoms with E-state index >= 15 is 0 Å². The molecule has 7 heteroatoms. The van der Waals surface area contributed by atoms with Crippen molar-refractivity contribution in [2.45, 2.75) is 18.2 Å². The SMILES string of the molecule is CCc1ccc(S(=O)(=O)N2CCSCC2)cc1C(=O)O. The minimum Gasteiger partial charge on any atom is -0.478 e. The lowest BCUT2D eigenvalue weighted by molar-refractivity contribution is 0.0695. The second-order valence-electron chi connectivity index (χ2n) is 4.49. The fourth-order valence-electron chi connectivity index (χ4n) is 2.16. The number of rotatable bonds is 4. The molecule has 0 aromatic heterocycles. The van der Waals surface area contributed by atoms with Gasteiger partial charge in [0.25, 0.3) is 0 Å².